The minimum absolute atomic E-state index is 0.836. The van der Waals surface area contributed by atoms with Crippen LogP contribution in [-0.2, 0) is 0 Å². The normalized spacial score (nSPS) is 12.2. The zero-order valence-corrected chi connectivity index (χ0v) is 26.3. The lowest BCUT2D eigenvalue weighted by molar-refractivity contribution is 0.486. The first kappa shape index (κ1) is 26.4. The number of nitrogens with zero attached hydrogens (tertiary/aromatic N) is 3. The summed E-state index contributed by atoms with van der Waals surface area (Å²) >= 11 is 0. The number of hydrogen-bond donors (Lipinski definition) is 0. The molecule has 7 aromatic carbocycles. The van der Waals surface area contributed by atoms with Crippen molar-refractivity contribution in [1.82, 2.24) is 14.1 Å². The van der Waals surface area contributed by atoms with Gasteiger partial charge in [-0.15, -0.1) is 0 Å². The summed E-state index contributed by atoms with van der Waals surface area (Å²) in [5.74, 6) is 2.58. The van der Waals surface area contributed by atoms with Crippen LogP contribution in [0.4, 0.5) is 0 Å². The number of aromatic nitrogens is 3. The van der Waals surface area contributed by atoms with Crippen LogP contribution in [0.5, 0.6) is 11.5 Å². The number of ether oxygens (including phenoxy) is 1. The molecule has 228 valence electrons. The molecule has 0 saturated heterocycles. The van der Waals surface area contributed by atoms with Crippen LogP contribution in [0.25, 0.3) is 88.3 Å². The van der Waals surface area contributed by atoms with Crippen LogP contribution in [0.15, 0.2) is 164 Å². The Kier molecular flexibility index (Phi) is 5.35. The highest BCUT2D eigenvalue weighted by molar-refractivity contribution is 6.13. The number of pyridine rings is 1. The van der Waals surface area contributed by atoms with Crippen molar-refractivity contribution >= 4 is 54.4 Å². The number of para-hydroxylation sites is 4. The maximum atomic E-state index is 6.30. The van der Waals surface area contributed by atoms with Gasteiger partial charge in [0, 0.05) is 32.8 Å². The summed E-state index contributed by atoms with van der Waals surface area (Å²) in [5, 5.41) is 7.07. The summed E-state index contributed by atoms with van der Waals surface area (Å²) in [4.78, 5) is 5.37. The monoisotopic (exact) mass is 625 g/mol. The molecule has 0 bridgehead atoms. The van der Waals surface area contributed by atoms with Crippen molar-refractivity contribution in [2.45, 2.75) is 0 Å². The Labute approximate surface area is 281 Å². The van der Waals surface area contributed by atoms with E-state index in [0.29, 0.717) is 0 Å². The molecular weight excluding hydrogens is 599 g/mol. The maximum absolute atomic E-state index is 6.30. The molecule has 1 aliphatic heterocycles. The van der Waals surface area contributed by atoms with E-state index in [-0.39, 0.29) is 0 Å². The summed E-state index contributed by atoms with van der Waals surface area (Å²) in [6.45, 7) is 0. The first-order valence-electron chi connectivity index (χ1n) is 16.6. The van der Waals surface area contributed by atoms with Crippen molar-refractivity contribution in [1.29, 1.82) is 0 Å². The standard InChI is InChI=1S/C45H27N3O/c1-2-12-31(13-3-1)47-37-17-7-4-14-32(37)35-25-28(21-23-39(35)47)29-22-24-40-36(26-29)33-15-5-8-18-38(33)48(40)43-27-30-11-10-20-42-44(30)45(46-43)34-16-6-9-19-41(34)49-42/h1-27H. The van der Waals surface area contributed by atoms with Gasteiger partial charge in [-0.1, -0.05) is 91.0 Å². The first-order valence-corrected chi connectivity index (χ1v) is 16.6. The van der Waals surface area contributed by atoms with E-state index in [4.69, 9.17) is 9.72 Å². The van der Waals surface area contributed by atoms with Gasteiger partial charge in [-0.2, -0.15) is 0 Å². The fourth-order valence-corrected chi connectivity index (χ4v) is 7.93. The Balaban J connectivity index is 1.12. The van der Waals surface area contributed by atoms with Crippen LogP contribution in [0.1, 0.15) is 0 Å². The Morgan fingerprint density at radius 3 is 1.78 bits per heavy atom. The lowest BCUT2D eigenvalue weighted by Gasteiger charge is -2.21. The van der Waals surface area contributed by atoms with Crippen molar-refractivity contribution < 1.29 is 4.74 Å². The molecule has 0 radical (unpaired) electrons. The summed E-state index contributed by atoms with van der Waals surface area (Å²) < 4.78 is 11.0. The minimum atomic E-state index is 0.836. The average molecular weight is 626 g/mol. The molecule has 11 rings (SSSR count). The summed E-state index contributed by atoms with van der Waals surface area (Å²) in [7, 11) is 0. The SMILES string of the molecule is c1ccc(-n2c3ccccc3c3cc(-c4ccc5c(c4)c4ccccc4n5-c4cc5cccc6c5c(n4)-c4ccccc4O6)ccc32)cc1. The van der Waals surface area contributed by atoms with E-state index in [9.17, 15) is 0 Å². The third kappa shape index (κ3) is 3.77. The van der Waals surface area contributed by atoms with Gasteiger partial charge in [0.15, 0.2) is 0 Å². The molecule has 0 unspecified atom stereocenters. The summed E-state index contributed by atoms with van der Waals surface area (Å²) in [6.07, 6.45) is 0. The van der Waals surface area contributed by atoms with E-state index in [2.05, 4.69) is 155 Å². The molecule has 0 amide bonds. The number of fused-ring (bicyclic) bond motifs is 8. The number of benzene rings is 7. The fraction of sp³-hybridized carbons (Fsp3) is 0. The summed E-state index contributed by atoms with van der Waals surface area (Å²) in [5.41, 5.74) is 10.2. The zero-order valence-electron chi connectivity index (χ0n) is 26.3. The quantitative estimate of drug-likeness (QED) is 0.196. The second kappa shape index (κ2) is 9.93. The predicted octanol–water partition coefficient (Wildman–Crippen LogP) is 11.9. The van der Waals surface area contributed by atoms with Crippen molar-refractivity contribution in [3.63, 3.8) is 0 Å². The van der Waals surface area contributed by atoms with Gasteiger partial charge in [-0.3, -0.25) is 4.57 Å². The van der Waals surface area contributed by atoms with Gasteiger partial charge in [-0.25, -0.2) is 4.98 Å². The van der Waals surface area contributed by atoms with Crippen LogP contribution in [0, 0.1) is 0 Å². The van der Waals surface area contributed by atoms with Gasteiger partial charge in [-0.05, 0) is 89.3 Å². The molecule has 3 aromatic heterocycles. The van der Waals surface area contributed by atoms with Crippen LogP contribution in [0.3, 0.4) is 0 Å². The van der Waals surface area contributed by atoms with Crippen molar-refractivity contribution in [2.75, 3.05) is 0 Å². The second-order valence-corrected chi connectivity index (χ2v) is 12.8. The number of rotatable bonds is 3. The Hall–Kier alpha value is -6.65. The molecule has 0 aliphatic carbocycles. The fourth-order valence-electron chi connectivity index (χ4n) is 7.93. The topological polar surface area (TPSA) is 32.0 Å². The van der Waals surface area contributed by atoms with Gasteiger partial charge < -0.3 is 9.30 Å². The van der Waals surface area contributed by atoms with Gasteiger partial charge >= 0.3 is 0 Å². The first-order chi connectivity index (χ1) is 24.3. The number of hydrogen-bond acceptors (Lipinski definition) is 2. The van der Waals surface area contributed by atoms with Crippen LogP contribution >= 0.6 is 0 Å². The molecule has 10 aromatic rings. The predicted molar refractivity (Wildman–Crippen MR) is 201 cm³/mol. The van der Waals surface area contributed by atoms with Crippen LogP contribution in [-0.4, -0.2) is 14.1 Å². The molecular formula is C45H27N3O. The Morgan fingerprint density at radius 1 is 0.429 bits per heavy atom. The third-order valence-electron chi connectivity index (χ3n) is 10.1. The van der Waals surface area contributed by atoms with E-state index >= 15 is 0 Å². The summed E-state index contributed by atoms with van der Waals surface area (Å²) in [6, 6.07) is 58.3. The highest BCUT2D eigenvalue weighted by Crippen LogP contribution is 2.46. The van der Waals surface area contributed by atoms with Crippen molar-refractivity contribution in [3.8, 4) is 45.4 Å². The van der Waals surface area contributed by atoms with Crippen LogP contribution < -0.4 is 4.74 Å². The van der Waals surface area contributed by atoms with E-state index < -0.39 is 0 Å². The Morgan fingerprint density at radius 2 is 1.02 bits per heavy atom. The van der Waals surface area contributed by atoms with E-state index in [1.165, 1.54) is 49.4 Å². The van der Waals surface area contributed by atoms with Gasteiger partial charge in [0.25, 0.3) is 0 Å². The molecule has 49 heavy (non-hydrogen) atoms. The lowest BCUT2D eigenvalue weighted by atomic mass is 9.99. The largest absolute Gasteiger partial charge is 0.456 e. The van der Waals surface area contributed by atoms with Crippen molar-refractivity contribution in [2.24, 2.45) is 0 Å². The Bertz CT molecular complexity index is 2970. The molecule has 4 heteroatoms. The van der Waals surface area contributed by atoms with Crippen molar-refractivity contribution in [3.05, 3.63) is 164 Å². The van der Waals surface area contributed by atoms with Crippen LogP contribution in [0.2, 0.25) is 0 Å². The molecule has 4 nitrogen and oxygen atoms in total. The highest BCUT2D eigenvalue weighted by Gasteiger charge is 2.23. The minimum Gasteiger partial charge on any atom is -0.456 e. The van der Waals surface area contributed by atoms with E-state index in [1.807, 2.05) is 18.2 Å². The molecule has 0 fully saturated rings. The van der Waals surface area contributed by atoms with Gasteiger partial charge in [0.05, 0.1) is 33.1 Å². The average Bonchev–Trinajstić information content (AvgIpc) is 3.67. The molecule has 1 aliphatic rings. The zero-order chi connectivity index (χ0) is 32.1. The molecule has 0 N–H and O–H groups in total. The maximum Gasteiger partial charge on any atom is 0.138 e. The molecule has 0 saturated carbocycles. The van der Waals surface area contributed by atoms with Gasteiger partial charge in [0.1, 0.15) is 17.3 Å². The molecule has 0 atom stereocenters. The lowest BCUT2D eigenvalue weighted by Crippen LogP contribution is -2.03. The molecule has 4 heterocycles. The smallest absolute Gasteiger partial charge is 0.138 e. The third-order valence-corrected chi connectivity index (χ3v) is 10.1. The van der Waals surface area contributed by atoms with E-state index in [1.54, 1.807) is 0 Å². The van der Waals surface area contributed by atoms with E-state index in [0.717, 1.165) is 50.4 Å². The van der Waals surface area contributed by atoms with Gasteiger partial charge in [0.2, 0.25) is 0 Å². The second-order valence-electron chi connectivity index (χ2n) is 12.8. The highest BCUT2D eigenvalue weighted by atomic mass is 16.5. The molecule has 0 spiro atoms.